The van der Waals surface area contributed by atoms with Crippen LogP contribution >= 0.6 is 15.9 Å². The van der Waals surface area contributed by atoms with E-state index in [0.717, 1.165) is 35.0 Å². The fourth-order valence-corrected chi connectivity index (χ4v) is 2.80. The van der Waals surface area contributed by atoms with Gasteiger partial charge in [-0.25, -0.2) is 14.4 Å². The zero-order chi connectivity index (χ0) is 13.4. The van der Waals surface area contributed by atoms with Gasteiger partial charge in [0, 0.05) is 33.5 Å². The van der Waals surface area contributed by atoms with Crippen molar-refractivity contribution >= 4 is 15.9 Å². The first-order valence-electron chi connectivity index (χ1n) is 6.22. The van der Waals surface area contributed by atoms with Crippen molar-refractivity contribution in [1.29, 1.82) is 0 Å². The van der Waals surface area contributed by atoms with Crippen molar-refractivity contribution in [3.8, 4) is 11.4 Å². The van der Waals surface area contributed by atoms with E-state index < -0.39 is 0 Å². The third kappa shape index (κ3) is 2.40. The van der Waals surface area contributed by atoms with Gasteiger partial charge in [0.15, 0.2) is 5.82 Å². The van der Waals surface area contributed by atoms with Crippen molar-refractivity contribution in [2.24, 2.45) is 5.73 Å². The number of hydrogen-bond acceptors (Lipinski definition) is 3. The van der Waals surface area contributed by atoms with Crippen LogP contribution < -0.4 is 5.73 Å². The highest BCUT2D eigenvalue weighted by Gasteiger charge is 2.19. The molecule has 0 spiro atoms. The lowest BCUT2D eigenvalue weighted by Crippen LogP contribution is -2.19. The van der Waals surface area contributed by atoms with Gasteiger partial charge in [-0.1, -0.05) is 15.9 Å². The lowest BCUT2D eigenvalue weighted by molar-refractivity contribution is 0.557. The van der Waals surface area contributed by atoms with Crippen LogP contribution in [0.15, 0.2) is 28.9 Å². The number of nitrogens with zero attached hydrogens (tertiary/aromatic N) is 2. The quantitative estimate of drug-likeness (QED) is 0.876. The van der Waals surface area contributed by atoms with Crippen LogP contribution in [-0.4, -0.2) is 9.97 Å². The molecule has 0 fully saturated rings. The fourth-order valence-electron chi connectivity index (χ4n) is 2.38. The maximum absolute atomic E-state index is 13.3. The molecule has 0 bridgehead atoms. The average molecular weight is 322 g/mol. The summed E-state index contributed by atoms with van der Waals surface area (Å²) in [4.78, 5) is 8.87. The van der Waals surface area contributed by atoms with Gasteiger partial charge in [0.25, 0.3) is 0 Å². The second-order valence-electron chi connectivity index (χ2n) is 4.72. The summed E-state index contributed by atoms with van der Waals surface area (Å²) in [5.74, 6) is 0.246. The molecule has 0 amide bonds. The third-order valence-corrected chi connectivity index (χ3v) is 4.09. The van der Waals surface area contributed by atoms with Gasteiger partial charge in [-0.3, -0.25) is 0 Å². The van der Waals surface area contributed by atoms with E-state index in [1.165, 1.54) is 12.1 Å². The number of halogens is 2. The molecule has 1 aromatic carbocycles. The molecule has 1 aromatic heterocycles. The van der Waals surface area contributed by atoms with E-state index in [0.29, 0.717) is 11.4 Å². The molecule has 0 aliphatic heterocycles. The highest BCUT2D eigenvalue weighted by molar-refractivity contribution is 9.10. The van der Waals surface area contributed by atoms with Gasteiger partial charge < -0.3 is 5.73 Å². The Balaban J connectivity index is 2.09. The van der Waals surface area contributed by atoms with Gasteiger partial charge in [0.1, 0.15) is 5.82 Å². The molecule has 98 valence electrons. The maximum atomic E-state index is 13.3. The van der Waals surface area contributed by atoms with E-state index in [9.17, 15) is 4.39 Å². The predicted molar refractivity (Wildman–Crippen MR) is 75.0 cm³/mol. The number of hydrogen-bond donors (Lipinski definition) is 1. The summed E-state index contributed by atoms with van der Waals surface area (Å²) in [5, 5.41) is 0. The first-order chi connectivity index (χ1) is 9.15. The number of aryl methyl sites for hydroxylation is 1. The highest BCUT2D eigenvalue weighted by atomic mass is 79.9. The van der Waals surface area contributed by atoms with Gasteiger partial charge >= 0.3 is 0 Å². The van der Waals surface area contributed by atoms with Crippen LogP contribution in [0, 0.1) is 5.82 Å². The summed E-state index contributed by atoms with van der Waals surface area (Å²) in [6.07, 6.45) is 4.69. The average Bonchev–Trinajstić information content (AvgIpc) is 2.41. The Morgan fingerprint density at radius 3 is 3.05 bits per heavy atom. The Morgan fingerprint density at radius 2 is 2.21 bits per heavy atom. The largest absolute Gasteiger partial charge is 0.324 e. The molecular weight excluding hydrogens is 309 g/mol. The summed E-state index contributed by atoms with van der Waals surface area (Å²) < 4.78 is 14.1. The van der Waals surface area contributed by atoms with Gasteiger partial charge in [-0.15, -0.1) is 0 Å². The number of rotatable bonds is 1. The summed E-state index contributed by atoms with van der Waals surface area (Å²) in [7, 11) is 0. The standard InChI is InChI=1S/C14H13BrFN3/c15-11-5-4-8(16)6-9(11)14-18-7-10-12(17)2-1-3-13(10)19-14/h4-7,12H,1-3,17H2. The first-order valence-corrected chi connectivity index (χ1v) is 7.01. The van der Waals surface area contributed by atoms with Crippen LogP contribution in [0.2, 0.25) is 0 Å². The van der Waals surface area contributed by atoms with Crippen molar-refractivity contribution in [2.45, 2.75) is 25.3 Å². The molecule has 1 atom stereocenters. The van der Waals surface area contributed by atoms with Gasteiger partial charge in [0.05, 0.1) is 0 Å². The van der Waals surface area contributed by atoms with Crippen LogP contribution in [0.5, 0.6) is 0 Å². The molecule has 3 nitrogen and oxygen atoms in total. The second kappa shape index (κ2) is 4.98. The molecule has 5 heteroatoms. The molecular formula is C14H13BrFN3. The minimum Gasteiger partial charge on any atom is -0.324 e. The molecule has 19 heavy (non-hydrogen) atoms. The molecule has 1 heterocycles. The molecule has 1 aliphatic carbocycles. The SMILES string of the molecule is NC1CCCc2nc(-c3cc(F)ccc3Br)ncc21. The zero-order valence-corrected chi connectivity index (χ0v) is 11.8. The van der Waals surface area contributed by atoms with Crippen molar-refractivity contribution in [1.82, 2.24) is 9.97 Å². The van der Waals surface area contributed by atoms with Crippen LogP contribution in [0.1, 0.15) is 30.1 Å². The number of nitrogens with two attached hydrogens (primary N) is 1. The lowest BCUT2D eigenvalue weighted by atomic mass is 9.93. The van der Waals surface area contributed by atoms with Crippen LogP contribution in [0.4, 0.5) is 4.39 Å². The normalized spacial score (nSPS) is 18.2. The van der Waals surface area contributed by atoms with E-state index in [1.807, 2.05) is 0 Å². The summed E-state index contributed by atoms with van der Waals surface area (Å²) in [6.45, 7) is 0. The Kier molecular flexibility index (Phi) is 3.33. The third-order valence-electron chi connectivity index (χ3n) is 3.40. The Morgan fingerprint density at radius 1 is 1.37 bits per heavy atom. The predicted octanol–water partition coefficient (Wildman–Crippen LogP) is 3.38. The smallest absolute Gasteiger partial charge is 0.160 e. The summed E-state index contributed by atoms with van der Waals surface area (Å²) in [6, 6.07) is 4.53. The Bertz CT molecular complexity index is 630. The summed E-state index contributed by atoms with van der Waals surface area (Å²) >= 11 is 3.40. The van der Waals surface area contributed by atoms with Crippen molar-refractivity contribution in [3.05, 3.63) is 45.9 Å². The highest BCUT2D eigenvalue weighted by Crippen LogP contribution is 2.30. The monoisotopic (exact) mass is 321 g/mol. The second-order valence-corrected chi connectivity index (χ2v) is 5.57. The topological polar surface area (TPSA) is 51.8 Å². The van der Waals surface area contributed by atoms with Gasteiger partial charge in [0.2, 0.25) is 0 Å². The van der Waals surface area contributed by atoms with Crippen LogP contribution in [0.3, 0.4) is 0 Å². The van der Waals surface area contributed by atoms with Crippen molar-refractivity contribution in [3.63, 3.8) is 0 Å². The Hall–Kier alpha value is -1.33. The van der Waals surface area contributed by atoms with Gasteiger partial charge in [-0.2, -0.15) is 0 Å². The number of aromatic nitrogens is 2. The van der Waals surface area contributed by atoms with Crippen LogP contribution in [0.25, 0.3) is 11.4 Å². The Labute approximate surface area is 119 Å². The van der Waals surface area contributed by atoms with Gasteiger partial charge in [-0.05, 0) is 37.5 Å². The van der Waals surface area contributed by atoms with Crippen molar-refractivity contribution < 1.29 is 4.39 Å². The summed E-state index contributed by atoms with van der Waals surface area (Å²) in [5.41, 5.74) is 8.71. The molecule has 3 rings (SSSR count). The van der Waals surface area contributed by atoms with E-state index >= 15 is 0 Å². The fraction of sp³-hybridized carbons (Fsp3) is 0.286. The molecule has 1 unspecified atom stereocenters. The minimum atomic E-state index is -0.295. The number of benzene rings is 1. The molecule has 2 aromatic rings. The molecule has 2 N–H and O–H groups in total. The molecule has 0 saturated heterocycles. The van der Waals surface area contributed by atoms with E-state index in [4.69, 9.17) is 5.73 Å². The first kappa shape index (κ1) is 12.7. The number of fused-ring (bicyclic) bond motifs is 1. The minimum absolute atomic E-state index is 0.0220. The molecule has 0 radical (unpaired) electrons. The zero-order valence-electron chi connectivity index (χ0n) is 10.2. The lowest BCUT2D eigenvalue weighted by Gasteiger charge is -2.21. The van der Waals surface area contributed by atoms with E-state index in [2.05, 4.69) is 25.9 Å². The van der Waals surface area contributed by atoms with E-state index in [1.54, 1.807) is 12.3 Å². The molecule has 1 aliphatic rings. The molecule has 0 saturated carbocycles. The van der Waals surface area contributed by atoms with Crippen molar-refractivity contribution in [2.75, 3.05) is 0 Å². The van der Waals surface area contributed by atoms with Crippen LogP contribution in [-0.2, 0) is 6.42 Å². The van der Waals surface area contributed by atoms with E-state index in [-0.39, 0.29) is 11.9 Å². The maximum Gasteiger partial charge on any atom is 0.160 e.